The number of nitrogens with zero attached hydrogens (tertiary/aromatic N) is 1. The molecule has 4 aromatic rings. The Morgan fingerprint density at radius 3 is 2.68 bits per heavy atom. The molecule has 2 heterocycles. The summed E-state index contributed by atoms with van der Waals surface area (Å²) >= 11 is 6.26. The first-order valence-electron chi connectivity index (χ1n) is 9.59. The van der Waals surface area contributed by atoms with E-state index < -0.39 is 10.0 Å². The lowest BCUT2D eigenvalue weighted by Crippen LogP contribution is -2.20. The first-order valence-corrected chi connectivity index (χ1v) is 11.5. The van der Waals surface area contributed by atoms with Gasteiger partial charge in [-0.3, -0.25) is 9.52 Å². The van der Waals surface area contributed by atoms with Crippen LogP contribution in [0.15, 0.2) is 65.6 Å². The number of hydrogen-bond acceptors (Lipinski definition) is 4. The zero-order valence-corrected chi connectivity index (χ0v) is 17.7. The van der Waals surface area contributed by atoms with Crippen LogP contribution in [0.1, 0.15) is 12.0 Å². The van der Waals surface area contributed by atoms with E-state index in [1.54, 1.807) is 36.4 Å². The van der Waals surface area contributed by atoms with Gasteiger partial charge >= 0.3 is 0 Å². The van der Waals surface area contributed by atoms with Crippen molar-refractivity contribution < 1.29 is 13.2 Å². The molecule has 1 amide bonds. The number of sulfonamides is 1. The van der Waals surface area contributed by atoms with E-state index in [0.717, 1.165) is 11.1 Å². The third-order valence-electron chi connectivity index (χ3n) is 5.15. The highest BCUT2D eigenvalue weighted by Gasteiger charge is 2.20. The van der Waals surface area contributed by atoms with Gasteiger partial charge in [-0.15, -0.1) is 0 Å². The molecule has 9 heteroatoms. The van der Waals surface area contributed by atoms with Gasteiger partial charge in [-0.05, 0) is 60.5 Å². The summed E-state index contributed by atoms with van der Waals surface area (Å²) in [5.41, 5.74) is 4.01. The lowest BCUT2D eigenvalue weighted by Gasteiger charge is -2.17. The number of aromatic amines is 1. The van der Waals surface area contributed by atoms with Crippen LogP contribution in [-0.4, -0.2) is 24.3 Å². The van der Waals surface area contributed by atoms with Crippen LogP contribution in [0.2, 0.25) is 5.02 Å². The van der Waals surface area contributed by atoms with Crippen LogP contribution in [0.3, 0.4) is 0 Å². The Morgan fingerprint density at radius 2 is 1.84 bits per heavy atom. The number of aromatic nitrogens is 2. The van der Waals surface area contributed by atoms with E-state index in [2.05, 4.69) is 20.0 Å². The number of nitrogens with one attached hydrogen (secondary N) is 3. The Morgan fingerprint density at radius 1 is 1.00 bits per heavy atom. The molecule has 7 nitrogen and oxygen atoms in total. The second kappa shape index (κ2) is 7.40. The maximum atomic E-state index is 12.9. The largest absolute Gasteiger partial charge is 0.338 e. The number of anilines is 2. The molecule has 3 aromatic carbocycles. The van der Waals surface area contributed by atoms with Gasteiger partial charge < -0.3 is 10.3 Å². The van der Waals surface area contributed by atoms with Crippen molar-refractivity contribution in [3.63, 3.8) is 0 Å². The van der Waals surface area contributed by atoms with Gasteiger partial charge in [0.2, 0.25) is 5.91 Å². The van der Waals surface area contributed by atoms with Crippen molar-refractivity contribution in [1.82, 2.24) is 9.97 Å². The summed E-state index contributed by atoms with van der Waals surface area (Å²) in [6.07, 6.45) is 0.851. The summed E-state index contributed by atoms with van der Waals surface area (Å²) in [5.74, 6) is 0.544. The second-order valence-electron chi connectivity index (χ2n) is 7.27. The third-order valence-corrected chi connectivity index (χ3v) is 6.85. The van der Waals surface area contributed by atoms with E-state index in [-0.39, 0.29) is 10.8 Å². The third kappa shape index (κ3) is 3.75. The number of carbonyl (C=O) groups excluding carboxylic acids is 1. The molecule has 0 spiro atoms. The number of benzene rings is 3. The molecule has 0 radical (unpaired) electrons. The van der Waals surface area contributed by atoms with Crippen molar-refractivity contribution in [3.8, 4) is 11.4 Å². The van der Waals surface area contributed by atoms with Gasteiger partial charge in [-0.2, -0.15) is 0 Å². The average molecular weight is 453 g/mol. The fraction of sp³-hybridized carbons (Fsp3) is 0.0909. The molecule has 0 saturated carbocycles. The fourth-order valence-corrected chi connectivity index (χ4v) is 4.92. The van der Waals surface area contributed by atoms with Crippen molar-refractivity contribution in [2.45, 2.75) is 17.7 Å². The molecule has 0 unspecified atom stereocenters. The van der Waals surface area contributed by atoms with Crippen molar-refractivity contribution in [2.75, 3.05) is 10.0 Å². The normalized spacial score (nSPS) is 13.6. The molecule has 0 fully saturated rings. The lowest BCUT2D eigenvalue weighted by atomic mass is 10.0. The molecular formula is C22H17ClN4O3S. The highest BCUT2D eigenvalue weighted by molar-refractivity contribution is 7.92. The summed E-state index contributed by atoms with van der Waals surface area (Å²) < 4.78 is 28.4. The van der Waals surface area contributed by atoms with Crippen LogP contribution in [0, 0.1) is 0 Å². The first-order chi connectivity index (χ1) is 14.9. The summed E-state index contributed by atoms with van der Waals surface area (Å²) in [4.78, 5) is 19.4. The van der Waals surface area contributed by atoms with Gasteiger partial charge in [0, 0.05) is 17.7 Å². The number of aryl methyl sites for hydroxylation is 1. The standard InChI is InChI=1S/C22H17ClN4O3S/c23-17-4-2-1-3-16(17)22-25-19-8-6-14(12-20(19)26-22)27-31(29,30)15-7-9-18-13(11-15)5-10-21(28)24-18/h1-4,6-9,11-12,27H,5,10H2,(H,24,28)(H,25,26). The van der Waals surface area contributed by atoms with Crippen molar-refractivity contribution in [3.05, 3.63) is 71.2 Å². The summed E-state index contributed by atoms with van der Waals surface area (Å²) in [7, 11) is -3.80. The Hall–Kier alpha value is -3.36. The van der Waals surface area contributed by atoms with E-state index in [4.69, 9.17) is 11.6 Å². The Kier molecular flexibility index (Phi) is 4.68. The molecule has 1 aliphatic rings. The SMILES string of the molecule is O=C1CCc2cc(S(=O)(=O)Nc3ccc4nc(-c5ccccc5Cl)[nH]c4c3)ccc2N1. The van der Waals surface area contributed by atoms with Crippen LogP contribution >= 0.6 is 11.6 Å². The molecule has 0 aliphatic carbocycles. The van der Waals surface area contributed by atoms with Crippen molar-refractivity contribution >= 4 is 49.9 Å². The Bertz CT molecular complexity index is 1450. The minimum atomic E-state index is -3.80. The minimum absolute atomic E-state index is 0.0646. The van der Waals surface area contributed by atoms with Gasteiger partial charge in [-0.1, -0.05) is 23.7 Å². The van der Waals surface area contributed by atoms with Crippen LogP contribution in [-0.2, 0) is 21.2 Å². The molecule has 5 rings (SSSR count). The first kappa shape index (κ1) is 19.6. The van der Waals surface area contributed by atoms with Gasteiger partial charge in [0.05, 0.1) is 26.6 Å². The summed E-state index contributed by atoms with van der Waals surface area (Å²) in [6, 6.07) is 17.2. The summed E-state index contributed by atoms with van der Waals surface area (Å²) in [6.45, 7) is 0. The monoisotopic (exact) mass is 452 g/mol. The molecule has 156 valence electrons. The van der Waals surface area contributed by atoms with Crippen LogP contribution < -0.4 is 10.0 Å². The smallest absolute Gasteiger partial charge is 0.261 e. The fourth-order valence-electron chi connectivity index (χ4n) is 3.59. The van der Waals surface area contributed by atoms with Crippen molar-refractivity contribution in [2.24, 2.45) is 0 Å². The molecule has 3 N–H and O–H groups in total. The molecule has 1 aliphatic heterocycles. The number of carbonyl (C=O) groups is 1. The molecule has 31 heavy (non-hydrogen) atoms. The molecule has 1 aromatic heterocycles. The zero-order valence-electron chi connectivity index (χ0n) is 16.1. The number of halogens is 1. The Balaban J connectivity index is 1.45. The average Bonchev–Trinajstić information content (AvgIpc) is 3.16. The number of rotatable bonds is 4. The van der Waals surface area contributed by atoms with Gasteiger partial charge in [0.25, 0.3) is 10.0 Å². The highest BCUT2D eigenvalue weighted by Crippen LogP contribution is 2.29. The second-order valence-corrected chi connectivity index (χ2v) is 9.36. The number of fused-ring (bicyclic) bond motifs is 2. The van der Waals surface area contributed by atoms with E-state index in [0.29, 0.717) is 46.1 Å². The zero-order chi connectivity index (χ0) is 21.6. The van der Waals surface area contributed by atoms with E-state index in [9.17, 15) is 13.2 Å². The molecule has 0 bridgehead atoms. The maximum Gasteiger partial charge on any atom is 0.261 e. The van der Waals surface area contributed by atoms with Gasteiger partial charge in [0.1, 0.15) is 5.82 Å². The number of imidazole rings is 1. The van der Waals surface area contributed by atoms with Crippen LogP contribution in [0.5, 0.6) is 0 Å². The number of H-pyrrole nitrogens is 1. The maximum absolute atomic E-state index is 12.9. The van der Waals surface area contributed by atoms with Crippen molar-refractivity contribution in [1.29, 1.82) is 0 Å². The number of hydrogen-bond donors (Lipinski definition) is 3. The molecular weight excluding hydrogens is 436 g/mol. The van der Waals surface area contributed by atoms with Gasteiger partial charge in [0.15, 0.2) is 0 Å². The minimum Gasteiger partial charge on any atom is -0.338 e. The van der Waals surface area contributed by atoms with Gasteiger partial charge in [-0.25, -0.2) is 13.4 Å². The quantitative estimate of drug-likeness (QED) is 0.422. The summed E-state index contributed by atoms with van der Waals surface area (Å²) in [5, 5.41) is 3.33. The molecule has 0 atom stereocenters. The highest BCUT2D eigenvalue weighted by atomic mass is 35.5. The topological polar surface area (TPSA) is 104 Å². The number of amides is 1. The predicted molar refractivity (Wildman–Crippen MR) is 121 cm³/mol. The predicted octanol–water partition coefficient (Wildman–Crippen LogP) is 4.57. The lowest BCUT2D eigenvalue weighted by molar-refractivity contribution is -0.116. The molecule has 0 saturated heterocycles. The van der Waals surface area contributed by atoms with Crippen LogP contribution in [0.25, 0.3) is 22.4 Å². The van der Waals surface area contributed by atoms with E-state index in [1.807, 2.05) is 18.2 Å². The van der Waals surface area contributed by atoms with E-state index >= 15 is 0 Å². The van der Waals surface area contributed by atoms with E-state index in [1.165, 1.54) is 6.07 Å². The van der Waals surface area contributed by atoms with Crippen LogP contribution in [0.4, 0.5) is 11.4 Å². The Labute approximate surface area is 183 Å².